The molecule has 0 saturated carbocycles. The van der Waals surface area contributed by atoms with Crippen LogP contribution in [0.2, 0.25) is 0 Å². The van der Waals surface area contributed by atoms with Gasteiger partial charge in [-0.1, -0.05) is 13.3 Å². The van der Waals surface area contributed by atoms with Crippen molar-refractivity contribution >= 4 is 0 Å². The van der Waals surface area contributed by atoms with Crippen LogP contribution in [0.15, 0.2) is 12.5 Å². The molecular formula is C11H21N2O2+. The van der Waals surface area contributed by atoms with Gasteiger partial charge in [-0.25, -0.2) is 9.13 Å². The second-order valence-electron chi connectivity index (χ2n) is 3.72. The van der Waals surface area contributed by atoms with Gasteiger partial charge in [0.2, 0.25) is 6.33 Å². The highest BCUT2D eigenvalue weighted by Gasteiger charge is 2.11. The van der Waals surface area contributed by atoms with Crippen molar-refractivity contribution in [2.24, 2.45) is 0 Å². The van der Waals surface area contributed by atoms with Crippen LogP contribution < -0.4 is 4.57 Å². The summed E-state index contributed by atoms with van der Waals surface area (Å²) < 4.78 is 4.13. The average Bonchev–Trinajstić information content (AvgIpc) is 2.59. The van der Waals surface area contributed by atoms with Crippen molar-refractivity contribution in [1.29, 1.82) is 0 Å². The molecule has 1 heterocycles. The van der Waals surface area contributed by atoms with Crippen LogP contribution in [0, 0.1) is 0 Å². The molecule has 4 heteroatoms. The zero-order valence-corrected chi connectivity index (χ0v) is 9.39. The van der Waals surface area contributed by atoms with E-state index in [2.05, 4.69) is 11.5 Å². The number of aliphatic hydroxyl groups excluding tert-OH is 2. The Labute approximate surface area is 90.8 Å². The Morgan fingerprint density at radius 1 is 1.33 bits per heavy atom. The normalized spacial score (nSPS) is 10.9. The molecule has 0 amide bonds. The number of hydrogen-bond donors (Lipinski definition) is 2. The third-order valence-corrected chi connectivity index (χ3v) is 2.45. The second-order valence-corrected chi connectivity index (χ2v) is 3.72. The summed E-state index contributed by atoms with van der Waals surface area (Å²) in [5.41, 5.74) is 1.14. The Kier molecular flexibility index (Phi) is 5.36. The molecule has 0 unspecified atom stereocenters. The van der Waals surface area contributed by atoms with Crippen molar-refractivity contribution < 1.29 is 14.8 Å². The van der Waals surface area contributed by atoms with Crippen molar-refractivity contribution in [2.45, 2.75) is 39.3 Å². The van der Waals surface area contributed by atoms with Crippen LogP contribution in [0.25, 0.3) is 0 Å². The van der Waals surface area contributed by atoms with E-state index in [9.17, 15) is 0 Å². The van der Waals surface area contributed by atoms with Gasteiger partial charge >= 0.3 is 0 Å². The van der Waals surface area contributed by atoms with E-state index < -0.39 is 0 Å². The minimum absolute atomic E-state index is 0.154. The predicted octanol–water partition coefficient (Wildman–Crippen LogP) is 0.103. The smallest absolute Gasteiger partial charge is 0.244 e. The Hall–Kier alpha value is -0.870. The fourth-order valence-corrected chi connectivity index (χ4v) is 1.64. The molecule has 0 bridgehead atoms. The molecule has 0 atom stereocenters. The summed E-state index contributed by atoms with van der Waals surface area (Å²) >= 11 is 0. The summed E-state index contributed by atoms with van der Waals surface area (Å²) in [4.78, 5) is 0. The van der Waals surface area contributed by atoms with Gasteiger partial charge in [0, 0.05) is 6.42 Å². The summed E-state index contributed by atoms with van der Waals surface area (Å²) in [5.74, 6) is 0. The van der Waals surface area contributed by atoms with Gasteiger partial charge in [0.25, 0.3) is 0 Å². The maximum atomic E-state index is 8.94. The van der Waals surface area contributed by atoms with Gasteiger partial charge in [-0.3, -0.25) is 0 Å². The highest BCUT2D eigenvalue weighted by molar-refractivity contribution is 4.94. The summed E-state index contributed by atoms with van der Waals surface area (Å²) in [7, 11) is 0. The van der Waals surface area contributed by atoms with Crippen molar-refractivity contribution in [3.63, 3.8) is 0 Å². The van der Waals surface area contributed by atoms with Crippen LogP contribution in [0.1, 0.15) is 25.5 Å². The fraction of sp³-hybridized carbons (Fsp3) is 0.727. The minimum atomic E-state index is 0.154. The number of unbranched alkanes of at least 4 members (excludes halogenated alkanes) is 1. The van der Waals surface area contributed by atoms with Crippen LogP contribution >= 0.6 is 0 Å². The van der Waals surface area contributed by atoms with Gasteiger partial charge in [0.05, 0.1) is 19.8 Å². The zero-order chi connectivity index (χ0) is 11.1. The number of hydrogen-bond acceptors (Lipinski definition) is 2. The van der Waals surface area contributed by atoms with Gasteiger partial charge < -0.3 is 10.2 Å². The Morgan fingerprint density at radius 3 is 2.73 bits per heavy atom. The van der Waals surface area contributed by atoms with E-state index in [0.29, 0.717) is 13.0 Å². The third-order valence-electron chi connectivity index (χ3n) is 2.45. The molecule has 15 heavy (non-hydrogen) atoms. The highest BCUT2D eigenvalue weighted by atomic mass is 16.3. The lowest BCUT2D eigenvalue weighted by Crippen LogP contribution is -2.32. The summed E-state index contributed by atoms with van der Waals surface area (Å²) in [6.45, 7) is 4.11. The van der Waals surface area contributed by atoms with Gasteiger partial charge in [-0.05, 0) is 6.42 Å². The maximum Gasteiger partial charge on any atom is 0.244 e. The molecule has 4 nitrogen and oxygen atoms in total. The van der Waals surface area contributed by atoms with Gasteiger partial charge in [-0.2, -0.15) is 0 Å². The monoisotopic (exact) mass is 213 g/mol. The number of aliphatic hydroxyl groups is 2. The van der Waals surface area contributed by atoms with Crippen molar-refractivity contribution in [3.8, 4) is 0 Å². The molecule has 0 aliphatic rings. The van der Waals surface area contributed by atoms with Crippen molar-refractivity contribution in [3.05, 3.63) is 18.2 Å². The molecular weight excluding hydrogens is 192 g/mol. The number of aromatic nitrogens is 2. The van der Waals surface area contributed by atoms with E-state index in [4.69, 9.17) is 10.2 Å². The molecule has 0 aliphatic heterocycles. The maximum absolute atomic E-state index is 8.94. The van der Waals surface area contributed by atoms with Crippen LogP contribution in [-0.4, -0.2) is 28.0 Å². The van der Waals surface area contributed by atoms with E-state index in [1.807, 2.05) is 17.1 Å². The van der Waals surface area contributed by atoms with E-state index >= 15 is 0 Å². The molecule has 2 N–H and O–H groups in total. The van der Waals surface area contributed by atoms with E-state index in [-0.39, 0.29) is 13.2 Å². The third kappa shape index (κ3) is 3.64. The van der Waals surface area contributed by atoms with Gasteiger partial charge in [-0.15, -0.1) is 0 Å². The minimum Gasteiger partial charge on any atom is -0.396 e. The molecule has 0 fully saturated rings. The molecule has 0 radical (unpaired) electrons. The number of aryl methyl sites for hydroxylation is 1. The topological polar surface area (TPSA) is 49.3 Å². The lowest BCUT2D eigenvalue weighted by atomic mass is 10.3. The summed E-state index contributed by atoms with van der Waals surface area (Å²) in [6.07, 6.45) is 7.00. The average molecular weight is 213 g/mol. The second kappa shape index (κ2) is 6.58. The first kappa shape index (κ1) is 12.2. The quantitative estimate of drug-likeness (QED) is 0.631. The van der Waals surface area contributed by atoms with Crippen LogP contribution in [0.5, 0.6) is 0 Å². The molecule has 0 saturated heterocycles. The first-order chi connectivity index (χ1) is 7.31. The molecule has 0 spiro atoms. The van der Waals surface area contributed by atoms with E-state index in [1.54, 1.807) is 0 Å². The first-order valence-corrected chi connectivity index (χ1v) is 5.61. The van der Waals surface area contributed by atoms with Crippen molar-refractivity contribution in [1.82, 2.24) is 4.57 Å². The first-order valence-electron chi connectivity index (χ1n) is 5.61. The van der Waals surface area contributed by atoms with Crippen LogP contribution in [0.4, 0.5) is 0 Å². The Morgan fingerprint density at radius 2 is 2.13 bits per heavy atom. The van der Waals surface area contributed by atoms with Crippen LogP contribution in [0.3, 0.4) is 0 Å². The highest BCUT2D eigenvalue weighted by Crippen LogP contribution is 2.02. The largest absolute Gasteiger partial charge is 0.396 e. The summed E-state index contributed by atoms with van der Waals surface area (Å²) in [5, 5.41) is 17.8. The van der Waals surface area contributed by atoms with Gasteiger partial charge in [0.1, 0.15) is 18.4 Å². The molecule has 0 aromatic carbocycles. The number of imidazole rings is 1. The molecule has 1 rings (SSSR count). The zero-order valence-electron chi connectivity index (χ0n) is 9.39. The molecule has 0 aliphatic carbocycles. The fourth-order valence-electron chi connectivity index (χ4n) is 1.64. The van der Waals surface area contributed by atoms with Crippen molar-refractivity contribution in [2.75, 3.05) is 13.2 Å². The van der Waals surface area contributed by atoms with E-state index in [0.717, 1.165) is 25.1 Å². The lowest BCUT2D eigenvalue weighted by Gasteiger charge is -1.98. The predicted molar refractivity (Wildman–Crippen MR) is 57.4 cm³/mol. The molecule has 86 valence electrons. The molecule has 1 aromatic rings. The molecule has 1 aromatic heterocycles. The van der Waals surface area contributed by atoms with Gasteiger partial charge in [0.15, 0.2) is 0 Å². The Bertz CT molecular complexity index is 284. The SMILES string of the molecule is CCCCn1c[n+](CCO)cc1CCO. The summed E-state index contributed by atoms with van der Waals surface area (Å²) in [6, 6.07) is 0. The standard InChI is InChI=1S/C11H21N2O2/c1-2-3-5-13-10-12(6-8-15)9-11(13)4-7-14/h9-10,14-15H,2-8H2,1H3/q+1. The van der Waals surface area contributed by atoms with Crippen LogP contribution in [-0.2, 0) is 19.5 Å². The number of nitrogens with zero attached hydrogens (tertiary/aromatic N) is 2. The number of rotatable bonds is 7. The Balaban J connectivity index is 2.70. The van der Waals surface area contributed by atoms with E-state index in [1.165, 1.54) is 0 Å². The lowest BCUT2D eigenvalue weighted by molar-refractivity contribution is -0.697.